The number of hydrogen-bond donors (Lipinski definition) is 3. The molecular formula is C36H34N4O5S2. The average Bonchev–Trinajstić information content (AvgIpc) is 3.45. The zero-order valence-electron chi connectivity index (χ0n) is 26.2. The second kappa shape index (κ2) is 15.5. The lowest BCUT2D eigenvalue weighted by Crippen LogP contribution is -2.30. The molecule has 240 valence electrons. The maximum Gasteiger partial charge on any atom is 0.272 e. The van der Waals surface area contributed by atoms with E-state index >= 15 is 0 Å². The van der Waals surface area contributed by atoms with Crippen LogP contribution in [0.15, 0.2) is 83.4 Å². The number of fused-ring (bicyclic) bond motifs is 1. The van der Waals surface area contributed by atoms with E-state index in [0.29, 0.717) is 38.9 Å². The monoisotopic (exact) mass is 666 g/mol. The Morgan fingerprint density at radius 2 is 1.74 bits per heavy atom. The summed E-state index contributed by atoms with van der Waals surface area (Å²) in [6.07, 6.45) is 5.48. The Balaban J connectivity index is 1.33. The molecule has 3 aromatic carbocycles. The number of aryl methyl sites for hydroxylation is 1. The van der Waals surface area contributed by atoms with E-state index in [1.807, 2.05) is 6.07 Å². The van der Waals surface area contributed by atoms with Crippen molar-refractivity contribution < 1.29 is 23.9 Å². The third-order valence-corrected chi connectivity index (χ3v) is 9.86. The van der Waals surface area contributed by atoms with Gasteiger partial charge in [-0.25, -0.2) is 0 Å². The summed E-state index contributed by atoms with van der Waals surface area (Å²) >= 11 is 2.83. The number of ether oxygens (including phenoxy) is 2. The number of methoxy groups -OCH3 is 2. The molecule has 0 saturated heterocycles. The van der Waals surface area contributed by atoms with Crippen molar-refractivity contribution in [3.8, 4) is 17.6 Å². The molecule has 3 amide bonds. The average molecular weight is 667 g/mol. The number of benzene rings is 3. The fourth-order valence-electron chi connectivity index (χ4n) is 5.14. The highest BCUT2D eigenvalue weighted by atomic mass is 32.2. The van der Waals surface area contributed by atoms with Crippen LogP contribution in [0.5, 0.6) is 11.5 Å². The fraction of sp³-hybridized carbons (Fsp3) is 0.222. The van der Waals surface area contributed by atoms with Crippen LogP contribution in [0.3, 0.4) is 0 Å². The van der Waals surface area contributed by atoms with Crippen LogP contribution in [0.2, 0.25) is 0 Å². The molecule has 9 nitrogen and oxygen atoms in total. The van der Waals surface area contributed by atoms with Crippen molar-refractivity contribution in [1.29, 1.82) is 5.26 Å². The van der Waals surface area contributed by atoms with Gasteiger partial charge >= 0.3 is 0 Å². The molecule has 1 aliphatic rings. The van der Waals surface area contributed by atoms with Gasteiger partial charge in [0.25, 0.3) is 11.8 Å². The number of hydrogen-bond acceptors (Lipinski definition) is 8. The molecule has 4 aromatic rings. The Morgan fingerprint density at radius 3 is 2.49 bits per heavy atom. The van der Waals surface area contributed by atoms with Gasteiger partial charge in [0.05, 0.1) is 25.0 Å². The number of nitrogens with one attached hydrogen (secondary N) is 3. The van der Waals surface area contributed by atoms with Gasteiger partial charge < -0.3 is 25.4 Å². The highest BCUT2D eigenvalue weighted by Gasteiger charge is 2.24. The van der Waals surface area contributed by atoms with Crippen LogP contribution < -0.4 is 25.4 Å². The minimum atomic E-state index is -0.558. The quantitative estimate of drug-likeness (QED) is 0.116. The van der Waals surface area contributed by atoms with E-state index in [9.17, 15) is 19.6 Å². The third-order valence-electron chi connectivity index (χ3n) is 7.56. The third kappa shape index (κ3) is 8.22. The van der Waals surface area contributed by atoms with E-state index in [-0.39, 0.29) is 11.6 Å². The van der Waals surface area contributed by atoms with Crippen LogP contribution in [0.1, 0.15) is 51.7 Å². The van der Waals surface area contributed by atoms with Crippen molar-refractivity contribution in [2.75, 3.05) is 24.9 Å². The van der Waals surface area contributed by atoms with Crippen LogP contribution in [-0.2, 0) is 22.4 Å². The summed E-state index contributed by atoms with van der Waals surface area (Å²) in [5.41, 5.74) is 3.03. The molecule has 0 aliphatic heterocycles. The minimum Gasteiger partial charge on any atom is -0.497 e. The SMILES string of the molecule is COc1ccc(OC)c(/C=C(/NC(=O)c2ccccc2)C(=O)Nc2cccc(SC(C)C(=O)Nc3sc4c(c3C#N)CCCC4)c2)c1. The molecular weight excluding hydrogens is 633 g/mol. The van der Waals surface area contributed by atoms with Gasteiger partial charge in [0.1, 0.15) is 28.3 Å². The Bertz CT molecular complexity index is 1860. The summed E-state index contributed by atoms with van der Waals surface area (Å²) in [4.78, 5) is 41.9. The zero-order valence-corrected chi connectivity index (χ0v) is 27.8. The summed E-state index contributed by atoms with van der Waals surface area (Å²) < 4.78 is 10.8. The highest BCUT2D eigenvalue weighted by Crippen LogP contribution is 2.38. The second-order valence-electron chi connectivity index (χ2n) is 10.7. The van der Waals surface area contributed by atoms with Crippen LogP contribution in [0.25, 0.3) is 6.08 Å². The number of thioether (sulfide) groups is 1. The van der Waals surface area contributed by atoms with Crippen molar-refractivity contribution in [1.82, 2.24) is 5.32 Å². The molecule has 1 aromatic heterocycles. The van der Waals surface area contributed by atoms with Gasteiger partial charge in [0.15, 0.2) is 0 Å². The van der Waals surface area contributed by atoms with Crippen molar-refractivity contribution in [2.24, 2.45) is 0 Å². The predicted molar refractivity (Wildman–Crippen MR) is 186 cm³/mol. The second-order valence-corrected chi connectivity index (χ2v) is 13.3. The number of nitriles is 1. The van der Waals surface area contributed by atoms with E-state index in [0.717, 1.165) is 36.1 Å². The van der Waals surface area contributed by atoms with Gasteiger partial charge in [-0.1, -0.05) is 24.3 Å². The lowest BCUT2D eigenvalue weighted by Gasteiger charge is -2.14. The number of amides is 3. The molecule has 1 aliphatic carbocycles. The van der Waals surface area contributed by atoms with Gasteiger partial charge in [-0.2, -0.15) is 5.26 Å². The Labute approximate surface area is 282 Å². The first-order chi connectivity index (χ1) is 22.8. The molecule has 3 N–H and O–H groups in total. The van der Waals surface area contributed by atoms with Crippen LogP contribution in [0.4, 0.5) is 10.7 Å². The van der Waals surface area contributed by atoms with Crippen molar-refractivity contribution in [3.63, 3.8) is 0 Å². The molecule has 0 fully saturated rings. The topological polar surface area (TPSA) is 130 Å². The summed E-state index contributed by atoms with van der Waals surface area (Å²) in [6.45, 7) is 1.80. The van der Waals surface area contributed by atoms with Gasteiger partial charge in [-0.15, -0.1) is 23.1 Å². The first-order valence-electron chi connectivity index (χ1n) is 15.0. The lowest BCUT2D eigenvalue weighted by molar-refractivity contribution is -0.115. The smallest absolute Gasteiger partial charge is 0.272 e. The fourth-order valence-corrected chi connectivity index (χ4v) is 7.31. The van der Waals surface area contributed by atoms with Gasteiger partial charge in [-0.05, 0) is 92.8 Å². The number of carbonyl (C=O) groups excluding carboxylic acids is 3. The van der Waals surface area contributed by atoms with E-state index in [2.05, 4.69) is 22.0 Å². The molecule has 0 radical (unpaired) electrons. The van der Waals surface area contributed by atoms with E-state index in [4.69, 9.17) is 9.47 Å². The Morgan fingerprint density at radius 1 is 0.957 bits per heavy atom. The summed E-state index contributed by atoms with van der Waals surface area (Å²) in [5.74, 6) is -0.181. The first-order valence-corrected chi connectivity index (χ1v) is 16.7. The van der Waals surface area contributed by atoms with Gasteiger partial charge in [0, 0.05) is 26.6 Å². The largest absolute Gasteiger partial charge is 0.497 e. The van der Waals surface area contributed by atoms with E-state index in [1.54, 1.807) is 73.7 Å². The van der Waals surface area contributed by atoms with Crippen LogP contribution >= 0.6 is 23.1 Å². The normalized spacial score (nSPS) is 13.0. The molecule has 0 saturated carbocycles. The number of carbonyl (C=O) groups is 3. The molecule has 1 atom stereocenters. The van der Waals surface area contributed by atoms with Crippen molar-refractivity contribution >= 4 is 57.6 Å². The number of nitrogens with zero attached hydrogens (tertiary/aromatic N) is 1. The molecule has 0 spiro atoms. The minimum absolute atomic E-state index is 0.0110. The van der Waals surface area contributed by atoms with Gasteiger partial charge in [-0.3, -0.25) is 14.4 Å². The highest BCUT2D eigenvalue weighted by molar-refractivity contribution is 8.00. The van der Waals surface area contributed by atoms with Crippen molar-refractivity contribution in [2.45, 2.75) is 42.8 Å². The van der Waals surface area contributed by atoms with E-state index in [1.165, 1.54) is 48.3 Å². The predicted octanol–water partition coefficient (Wildman–Crippen LogP) is 7.04. The van der Waals surface area contributed by atoms with Gasteiger partial charge in [0.2, 0.25) is 5.91 Å². The molecule has 1 heterocycles. The molecule has 1 unspecified atom stereocenters. The first kappa shape index (κ1) is 33.3. The lowest BCUT2D eigenvalue weighted by atomic mass is 9.96. The maximum absolute atomic E-state index is 13.7. The summed E-state index contributed by atoms with van der Waals surface area (Å²) in [7, 11) is 3.05. The number of rotatable bonds is 11. The van der Waals surface area contributed by atoms with Crippen molar-refractivity contribution in [3.05, 3.63) is 106 Å². The zero-order chi connectivity index (χ0) is 33.3. The Hall–Kier alpha value is -5.05. The summed E-state index contributed by atoms with van der Waals surface area (Å²) in [6, 6.07) is 23.2. The standard InChI is InChI=1S/C36H34N4O5S2/c1-22(33(41)40-36-29(21-37)28-14-7-8-15-32(28)47-36)46-27-13-9-12-25(20-27)38-35(43)30(39-34(42)23-10-5-4-6-11-23)19-24-18-26(44-2)16-17-31(24)45-3/h4-6,9-13,16-20,22H,7-8,14-15H2,1-3H3,(H,38,43)(H,39,42)(H,40,41)/b30-19+. The maximum atomic E-state index is 13.7. The molecule has 0 bridgehead atoms. The van der Waals surface area contributed by atoms with E-state index < -0.39 is 17.1 Å². The molecule has 47 heavy (non-hydrogen) atoms. The van der Waals surface area contributed by atoms with Crippen LogP contribution in [-0.4, -0.2) is 37.2 Å². The number of thiophene rings is 1. The Kier molecular flexibility index (Phi) is 11.0. The van der Waals surface area contributed by atoms with Crippen LogP contribution in [0, 0.1) is 11.3 Å². The summed E-state index contributed by atoms with van der Waals surface area (Å²) in [5, 5.41) is 18.5. The number of anilines is 2. The molecule has 11 heteroatoms. The molecule has 5 rings (SSSR count).